The molecule has 0 saturated heterocycles. The fourth-order valence-corrected chi connectivity index (χ4v) is 4.14. The topological polar surface area (TPSA) is 63.2 Å². The Labute approximate surface area is 134 Å². The van der Waals surface area contributed by atoms with Crippen LogP contribution in [-0.2, 0) is 9.84 Å². The number of nitrogens with one attached hydrogen (secondary N) is 1. The zero-order valence-corrected chi connectivity index (χ0v) is 14.4. The van der Waals surface area contributed by atoms with Crippen molar-refractivity contribution in [1.82, 2.24) is 5.32 Å². The highest BCUT2D eigenvalue weighted by molar-refractivity contribution is 9.09. The molecule has 21 heavy (non-hydrogen) atoms. The van der Waals surface area contributed by atoms with Crippen LogP contribution in [0.15, 0.2) is 29.2 Å². The van der Waals surface area contributed by atoms with Gasteiger partial charge in [0.05, 0.1) is 4.90 Å². The molecule has 116 valence electrons. The van der Waals surface area contributed by atoms with Crippen LogP contribution in [0.5, 0.6) is 0 Å². The summed E-state index contributed by atoms with van der Waals surface area (Å²) in [5, 5.41) is 2.91. The summed E-state index contributed by atoms with van der Waals surface area (Å²) in [6.07, 6.45) is 5.72. The summed E-state index contributed by atoms with van der Waals surface area (Å²) in [4.78, 5) is 12.8. The molecule has 2 rings (SSSR count). The van der Waals surface area contributed by atoms with Crippen LogP contribution < -0.4 is 5.32 Å². The van der Waals surface area contributed by atoms with Crippen molar-refractivity contribution in [2.24, 2.45) is 5.92 Å². The maximum Gasteiger partial charge on any atom is 0.251 e. The number of rotatable bonds is 4. The van der Waals surface area contributed by atoms with Gasteiger partial charge in [0.15, 0.2) is 9.84 Å². The van der Waals surface area contributed by atoms with Crippen molar-refractivity contribution in [2.75, 3.05) is 12.8 Å². The van der Waals surface area contributed by atoms with Crippen molar-refractivity contribution in [3.63, 3.8) is 0 Å². The highest BCUT2D eigenvalue weighted by Crippen LogP contribution is 2.28. The van der Waals surface area contributed by atoms with Gasteiger partial charge in [-0.05, 0) is 43.4 Å². The smallest absolute Gasteiger partial charge is 0.251 e. The minimum Gasteiger partial charge on any atom is -0.352 e. The number of hydrogen-bond donors (Lipinski definition) is 1. The minimum atomic E-state index is -3.29. The molecule has 0 heterocycles. The van der Waals surface area contributed by atoms with Crippen molar-refractivity contribution in [2.45, 2.75) is 35.4 Å². The van der Waals surface area contributed by atoms with Crippen LogP contribution in [0.3, 0.4) is 0 Å². The van der Waals surface area contributed by atoms with Crippen LogP contribution in [-0.4, -0.2) is 32.0 Å². The molecule has 1 N–H and O–H groups in total. The van der Waals surface area contributed by atoms with E-state index in [0.29, 0.717) is 22.9 Å². The predicted molar refractivity (Wildman–Crippen MR) is 86.6 cm³/mol. The summed E-state index contributed by atoms with van der Waals surface area (Å²) in [5.74, 6) is 0.280. The van der Waals surface area contributed by atoms with E-state index in [1.807, 2.05) is 0 Å². The van der Waals surface area contributed by atoms with Gasteiger partial charge in [-0.25, -0.2) is 8.42 Å². The van der Waals surface area contributed by atoms with Crippen molar-refractivity contribution in [1.29, 1.82) is 0 Å². The summed E-state index contributed by atoms with van der Waals surface area (Å²) in [5.41, 5.74) is 0.393. The first kappa shape index (κ1) is 16.5. The van der Waals surface area contributed by atoms with Crippen molar-refractivity contribution < 1.29 is 13.2 Å². The largest absolute Gasteiger partial charge is 0.352 e. The van der Waals surface area contributed by atoms with Crippen molar-refractivity contribution >= 4 is 31.7 Å². The third-order valence-corrected chi connectivity index (χ3v) is 5.74. The number of halogens is 1. The number of sulfone groups is 1. The second-order valence-electron chi connectivity index (χ2n) is 5.64. The second kappa shape index (κ2) is 6.92. The lowest BCUT2D eigenvalue weighted by molar-refractivity contribution is 0.0943. The molecule has 1 aliphatic rings. The zero-order chi connectivity index (χ0) is 15.5. The zero-order valence-electron chi connectivity index (χ0n) is 12.0. The molecule has 4 nitrogen and oxygen atoms in total. The first-order valence-electron chi connectivity index (χ1n) is 7.08. The molecule has 1 saturated carbocycles. The Kier molecular flexibility index (Phi) is 5.43. The minimum absolute atomic E-state index is 0.174. The highest BCUT2D eigenvalue weighted by Gasteiger charge is 2.20. The average Bonchev–Trinajstić information content (AvgIpc) is 2.44. The Morgan fingerprint density at radius 3 is 2.81 bits per heavy atom. The fraction of sp³-hybridized carbons (Fsp3) is 0.533. The molecule has 1 aliphatic carbocycles. The van der Waals surface area contributed by atoms with E-state index >= 15 is 0 Å². The normalized spacial score (nSPS) is 22.8. The third kappa shape index (κ3) is 4.81. The summed E-state index contributed by atoms with van der Waals surface area (Å²) >= 11 is 3.63. The molecule has 2 atom stereocenters. The third-order valence-electron chi connectivity index (χ3n) is 3.79. The molecule has 0 aromatic heterocycles. The van der Waals surface area contributed by atoms with Crippen LogP contribution in [0, 0.1) is 5.92 Å². The molecule has 1 amide bonds. The first-order chi connectivity index (χ1) is 9.86. The lowest BCUT2D eigenvalue weighted by atomic mass is 9.89. The predicted octanol–water partition coefficient (Wildman–Crippen LogP) is 2.77. The monoisotopic (exact) mass is 373 g/mol. The average molecular weight is 374 g/mol. The van der Waals surface area contributed by atoms with E-state index in [0.717, 1.165) is 19.1 Å². The van der Waals surface area contributed by atoms with Gasteiger partial charge in [0, 0.05) is 23.2 Å². The molecule has 6 heteroatoms. The number of alkyl halides is 1. The Bertz CT molecular complexity index is 615. The van der Waals surface area contributed by atoms with Gasteiger partial charge in [0.1, 0.15) is 0 Å². The first-order valence-corrected chi connectivity index (χ1v) is 9.89. The molecule has 0 bridgehead atoms. The lowest BCUT2D eigenvalue weighted by Crippen LogP contribution is -2.32. The van der Waals surface area contributed by atoms with Crippen molar-refractivity contribution in [3.8, 4) is 0 Å². The molecular formula is C15H20BrNO3S. The Hall–Kier alpha value is -0.880. The summed E-state index contributed by atoms with van der Waals surface area (Å²) in [7, 11) is -3.29. The number of benzene rings is 1. The van der Waals surface area contributed by atoms with Gasteiger partial charge >= 0.3 is 0 Å². The SMILES string of the molecule is CS(=O)(=O)c1cccc(C(=O)NCC2CCCC(Br)C2)c1. The van der Waals surface area contributed by atoms with E-state index in [1.54, 1.807) is 12.1 Å². The van der Waals surface area contributed by atoms with Gasteiger partial charge in [-0.3, -0.25) is 4.79 Å². The summed E-state index contributed by atoms with van der Waals surface area (Å²) in [6, 6.07) is 6.17. The summed E-state index contributed by atoms with van der Waals surface area (Å²) in [6.45, 7) is 0.643. The van der Waals surface area contributed by atoms with Gasteiger partial charge in [-0.1, -0.05) is 28.4 Å². The Morgan fingerprint density at radius 2 is 2.14 bits per heavy atom. The van der Waals surface area contributed by atoms with Crippen LogP contribution in [0.2, 0.25) is 0 Å². The second-order valence-corrected chi connectivity index (χ2v) is 8.95. The van der Waals surface area contributed by atoms with Crippen LogP contribution in [0.25, 0.3) is 0 Å². The maximum atomic E-state index is 12.1. The highest BCUT2D eigenvalue weighted by atomic mass is 79.9. The van der Waals surface area contributed by atoms with Crippen LogP contribution in [0.1, 0.15) is 36.0 Å². The molecule has 1 fully saturated rings. The van der Waals surface area contributed by atoms with E-state index < -0.39 is 9.84 Å². The number of amides is 1. The van der Waals surface area contributed by atoms with E-state index in [-0.39, 0.29) is 10.8 Å². The van der Waals surface area contributed by atoms with Crippen molar-refractivity contribution in [3.05, 3.63) is 29.8 Å². The standard InChI is InChI=1S/C15H20BrNO3S/c1-21(19,20)14-7-3-5-12(9-14)15(18)17-10-11-4-2-6-13(16)8-11/h3,5,7,9,11,13H,2,4,6,8,10H2,1H3,(H,17,18). The van der Waals surface area contributed by atoms with E-state index in [1.165, 1.54) is 25.0 Å². The van der Waals surface area contributed by atoms with Crippen LogP contribution >= 0.6 is 15.9 Å². The van der Waals surface area contributed by atoms with Gasteiger partial charge in [-0.2, -0.15) is 0 Å². The molecule has 1 aromatic rings. The van der Waals surface area contributed by atoms with Gasteiger partial charge < -0.3 is 5.32 Å². The molecule has 0 radical (unpaired) electrons. The molecule has 0 spiro atoms. The summed E-state index contributed by atoms with van der Waals surface area (Å²) < 4.78 is 23.0. The number of carbonyl (C=O) groups is 1. The lowest BCUT2D eigenvalue weighted by Gasteiger charge is -2.25. The van der Waals surface area contributed by atoms with E-state index in [9.17, 15) is 13.2 Å². The Morgan fingerprint density at radius 1 is 1.38 bits per heavy atom. The molecule has 0 aliphatic heterocycles. The molecule has 1 aromatic carbocycles. The quantitative estimate of drug-likeness (QED) is 0.825. The number of hydrogen-bond acceptors (Lipinski definition) is 3. The van der Waals surface area contributed by atoms with E-state index in [2.05, 4.69) is 21.2 Å². The van der Waals surface area contributed by atoms with Gasteiger partial charge in [0.2, 0.25) is 0 Å². The number of carbonyl (C=O) groups excluding carboxylic acids is 1. The van der Waals surface area contributed by atoms with Gasteiger partial charge in [0.25, 0.3) is 5.91 Å². The van der Waals surface area contributed by atoms with E-state index in [4.69, 9.17) is 0 Å². The van der Waals surface area contributed by atoms with Gasteiger partial charge in [-0.15, -0.1) is 0 Å². The fourth-order valence-electron chi connectivity index (χ4n) is 2.62. The maximum absolute atomic E-state index is 12.1. The molecular weight excluding hydrogens is 354 g/mol. The molecule has 2 unspecified atom stereocenters. The Balaban J connectivity index is 1.97. The van der Waals surface area contributed by atoms with Crippen LogP contribution in [0.4, 0.5) is 0 Å².